The molecule has 3 aromatic rings. The molecule has 0 aliphatic carbocycles. The third-order valence-corrected chi connectivity index (χ3v) is 4.47. The number of amides is 1. The number of hydrogen-bond acceptors (Lipinski definition) is 4. The number of fused-ring (bicyclic) bond motifs is 1. The van der Waals surface area contributed by atoms with Crippen LogP contribution in [0.15, 0.2) is 53.3 Å². The van der Waals surface area contributed by atoms with Crippen LogP contribution >= 0.6 is 11.6 Å². The lowest BCUT2D eigenvalue weighted by Gasteiger charge is -2.23. The Hall–Kier alpha value is -2.70. The van der Waals surface area contributed by atoms with Crippen molar-refractivity contribution in [1.82, 2.24) is 14.9 Å². The van der Waals surface area contributed by atoms with Crippen molar-refractivity contribution in [3.05, 3.63) is 69.7 Å². The molecular weight excluding hydrogens is 352 g/mol. The number of para-hydroxylation sites is 1. The summed E-state index contributed by atoms with van der Waals surface area (Å²) in [7, 11) is 1.81. The maximum atomic E-state index is 12.4. The van der Waals surface area contributed by atoms with E-state index in [1.165, 1.54) is 0 Å². The predicted molar refractivity (Wildman–Crippen MR) is 103 cm³/mol. The number of hydrogen-bond donors (Lipinski definition) is 2. The molecule has 1 atom stereocenters. The number of nitrogens with zero attached hydrogens (tertiary/aromatic N) is 2. The topological polar surface area (TPSA) is 78.1 Å². The number of aromatic nitrogens is 2. The Morgan fingerprint density at radius 3 is 2.65 bits per heavy atom. The average Bonchev–Trinajstić information content (AvgIpc) is 2.63. The number of likely N-dealkylation sites (N-methyl/N-ethyl adjacent to an activating group) is 1. The molecular formula is C19H19ClN4O2. The lowest BCUT2D eigenvalue weighted by Crippen LogP contribution is -2.39. The Balaban J connectivity index is 1.70. The minimum absolute atomic E-state index is 0.155. The highest BCUT2D eigenvalue weighted by molar-refractivity contribution is 6.30. The summed E-state index contributed by atoms with van der Waals surface area (Å²) in [6.07, 6.45) is 0. The van der Waals surface area contributed by atoms with E-state index in [0.717, 1.165) is 0 Å². The van der Waals surface area contributed by atoms with Crippen molar-refractivity contribution >= 4 is 34.1 Å². The molecule has 0 fully saturated rings. The second-order valence-corrected chi connectivity index (χ2v) is 6.55. The van der Waals surface area contributed by atoms with Gasteiger partial charge in [-0.15, -0.1) is 0 Å². The molecule has 6 nitrogen and oxygen atoms in total. The van der Waals surface area contributed by atoms with Gasteiger partial charge in [-0.3, -0.25) is 14.5 Å². The molecule has 0 aliphatic heterocycles. The van der Waals surface area contributed by atoms with Gasteiger partial charge in [-0.25, -0.2) is 4.98 Å². The monoisotopic (exact) mass is 370 g/mol. The summed E-state index contributed by atoms with van der Waals surface area (Å²) in [4.78, 5) is 33.6. The molecule has 0 aliphatic rings. The zero-order valence-corrected chi connectivity index (χ0v) is 15.2. The minimum atomic E-state index is -0.414. The van der Waals surface area contributed by atoms with Crippen molar-refractivity contribution < 1.29 is 4.79 Å². The minimum Gasteiger partial charge on any atom is -0.325 e. The Labute approximate surface area is 155 Å². The number of anilines is 1. The first kappa shape index (κ1) is 18.1. The predicted octanol–water partition coefficient (Wildman–Crippen LogP) is 3.04. The van der Waals surface area contributed by atoms with Crippen LogP contribution in [0, 0.1) is 0 Å². The van der Waals surface area contributed by atoms with E-state index >= 15 is 0 Å². The van der Waals surface area contributed by atoms with Gasteiger partial charge in [0.1, 0.15) is 5.82 Å². The van der Waals surface area contributed by atoms with Gasteiger partial charge >= 0.3 is 0 Å². The van der Waals surface area contributed by atoms with Gasteiger partial charge in [0, 0.05) is 10.7 Å². The number of rotatable bonds is 5. The number of halogens is 1. The first-order valence-corrected chi connectivity index (χ1v) is 8.56. The van der Waals surface area contributed by atoms with Gasteiger partial charge in [0.15, 0.2) is 0 Å². The molecule has 7 heteroatoms. The van der Waals surface area contributed by atoms with E-state index in [-0.39, 0.29) is 11.5 Å². The first-order valence-electron chi connectivity index (χ1n) is 8.18. The van der Waals surface area contributed by atoms with Crippen LogP contribution in [0.4, 0.5) is 5.69 Å². The summed E-state index contributed by atoms with van der Waals surface area (Å²) >= 11 is 5.85. The van der Waals surface area contributed by atoms with Gasteiger partial charge in [0.05, 0.1) is 23.5 Å². The van der Waals surface area contributed by atoms with Crippen LogP contribution in [-0.4, -0.2) is 33.9 Å². The lowest BCUT2D eigenvalue weighted by molar-refractivity contribution is -0.120. The third-order valence-electron chi connectivity index (χ3n) is 4.21. The molecule has 0 saturated carbocycles. The highest BCUT2D eigenvalue weighted by Crippen LogP contribution is 2.14. The smallest absolute Gasteiger partial charge is 0.258 e. The summed E-state index contributed by atoms with van der Waals surface area (Å²) in [5.41, 5.74) is 1.13. The van der Waals surface area contributed by atoms with E-state index in [1.807, 2.05) is 11.0 Å². The molecule has 26 heavy (non-hydrogen) atoms. The third kappa shape index (κ3) is 4.09. The number of nitrogens with one attached hydrogen (secondary N) is 2. The van der Waals surface area contributed by atoms with E-state index in [9.17, 15) is 9.59 Å². The zero-order chi connectivity index (χ0) is 18.7. The molecule has 0 saturated heterocycles. The molecule has 2 aromatic carbocycles. The molecule has 1 heterocycles. The highest BCUT2D eigenvalue weighted by atomic mass is 35.5. The van der Waals surface area contributed by atoms with Crippen LogP contribution in [0.3, 0.4) is 0 Å². The number of H-pyrrole nitrogens is 1. The SMILES string of the molecule is C[C@@H](C(=O)Nc1ccc(Cl)cc1)N(C)Cc1nc2ccccc2c(=O)[nH]1. The second kappa shape index (κ2) is 7.68. The van der Waals surface area contributed by atoms with E-state index < -0.39 is 6.04 Å². The molecule has 1 amide bonds. The molecule has 0 bridgehead atoms. The van der Waals surface area contributed by atoms with Crippen molar-refractivity contribution in [1.29, 1.82) is 0 Å². The van der Waals surface area contributed by atoms with Crippen molar-refractivity contribution in [3.8, 4) is 0 Å². The summed E-state index contributed by atoms with van der Waals surface area (Å²) in [6.45, 7) is 2.14. The summed E-state index contributed by atoms with van der Waals surface area (Å²) in [5.74, 6) is 0.361. The molecule has 134 valence electrons. The lowest BCUT2D eigenvalue weighted by atomic mass is 10.2. The average molecular weight is 371 g/mol. The Kier molecular flexibility index (Phi) is 5.35. The maximum Gasteiger partial charge on any atom is 0.258 e. The Morgan fingerprint density at radius 2 is 1.92 bits per heavy atom. The van der Waals surface area contributed by atoms with Crippen molar-refractivity contribution in [3.63, 3.8) is 0 Å². The van der Waals surface area contributed by atoms with Gasteiger partial charge < -0.3 is 10.3 Å². The van der Waals surface area contributed by atoms with Crippen molar-refractivity contribution in [2.75, 3.05) is 12.4 Å². The van der Waals surface area contributed by atoms with E-state index in [1.54, 1.807) is 56.4 Å². The van der Waals surface area contributed by atoms with Crippen LogP contribution in [0.5, 0.6) is 0 Å². The van der Waals surface area contributed by atoms with Gasteiger partial charge in [0.2, 0.25) is 5.91 Å². The summed E-state index contributed by atoms with van der Waals surface area (Å²) < 4.78 is 0. The van der Waals surface area contributed by atoms with Crippen molar-refractivity contribution in [2.24, 2.45) is 0 Å². The fraction of sp³-hybridized carbons (Fsp3) is 0.211. The Morgan fingerprint density at radius 1 is 1.23 bits per heavy atom. The molecule has 0 unspecified atom stereocenters. The van der Waals surface area contributed by atoms with Crippen molar-refractivity contribution in [2.45, 2.75) is 19.5 Å². The van der Waals surface area contributed by atoms with E-state index in [0.29, 0.717) is 34.0 Å². The highest BCUT2D eigenvalue weighted by Gasteiger charge is 2.19. The maximum absolute atomic E-state index is 12.4. The van der Waals surface area contributed by atoms with Crippen LogP contribution in [0.25, 0.3) is 10.9 Å². The second-order valence-electron chi connectivity index (χ2n) is 6.12. The van der Waals surface area contributed by atoms with E-state index in [2.05, 4.69) is 15.3 Å². The Bertz CT molecular complexity index is 985. The number of aromatic amines is 1. The van der Waals surface area contributed by atoms with E-state index in [4.69, 9.17) is 11.6 Å². The summed E-state index contributed by atoms with van der Waals surface area (Å²) in [6, 6.07) is 13.7. The number of benzene rings is 2. The molecule has 0 spiro atoms. The first-order chi connectivity index (χ1) is 12.4. The molecule has 0 radical (unpaired) electrons. The molecule has 2 N–H and O–H groups in total. The van der Waals surface area contributed by atoms with Gasteiger partial charge in [-0.2, -0.15) is 0 Å². The fourth-order valence-electron chi connectivity index (χ4n) is 2.56. The standard InChI is InChI=1S/C19H19ClN4O2/c1-12(18(25)21-14-9-7-13(20)8-10-14)24(2)11-17-22-16-6-4-3-5-15(16)19(26)23-17/h3-10,12H,11H2,1-2H3,(H,21,25)(H,22,23,26)/t12-/m0/s1. The van der Waals surface area contributed by atoms with Gasteiger partial charge in [-0.05, 0) is 50.4 Å². The number of carbonyl (C=O) groups is 1. The normalized spacial score (nSPS) is 12.3. The summed E-state index contributed by atoms with van der Waals surface area (Å²) in [5, 5.41) is 4.00. The fourth-order valence-corrected chi connectivity index (χ4v) is 2.69. The van der Waals surface area contributed by atoms with Crippen LogP contribution < -0.4 is 10.9 Å². The van der Waals surface area contributed by atoms with Gasteiger partial charge in [0.25, 0.3) is 5.56 Å². The van der Waals surface area contributed by atoms with Crippen LogP contribution in [-0.2, 0) is 11.3 Å². The molecule has 3 rings (SSSR count). The number of carbonyl (C=O) groups excluding carboxylic acids is 1. The van der Waals surface area contributed by atoms with Crippen LogP contribution in [0.2, 0.25) is 5.02 Å². The largest absolute Gasteiger partial charge is 0.325 e. The quantitative estimate of drug-likeness (QED) is 0.723. The zero-order valence-electron chi connectivity index (χ0n) is 14.5. The van der Waals surface area contributed by atoms with Crippen LogP contribution in [0.1, 0.15) is 12.7 Å². The van der Waals surface area contributed by atoms with Gasteiger partial charge in [-0.1, -0.05) is 23.7 Å². The molecule has 1 aromatic heterocycles.